The molecule has 0 heterocycles. The number of benzene rings is 1. The van der Waals surface area contributed by atoms with Gasteiger partial charge in [0.1, 0.15) is 0 Å². The standard InChI is InChI=1S/C12H18N2/c1-2-6-11(7-3-1)10-13-14-12-8-4-5-9-12/h1-3,6-7,12-14H,4-5,8-10H2. The van der Waals surface area contributed by atoms with E-state index in [0.717, 1.165) is 6.54 Å². The predicted molar refractivity (Wildman–Crippen MR) is 58.7 cm³/mol. The van der Waals surface area contributed by atoms with Crippen LogP contribution in [0.25, 0.3) is 0 Å². The Balaban J connectivity index is 1.67. The van der Waals surface area contributed by atoms with E-state index in [-0.39, 0.29) is 0 Å². The lowest BCUT2D eigenvalue weighted by atomic mass is 10.2. The lowest BCUT2D eigenvalue weighted by molar-refractivity contribution is 0.432. The summed E-state index contributed by atoms with van der Waals surface area (Å²) in [4.78, 5) is 0. The van der Waals surface area contributed by atoms with Crippen molar-refractivity contribution in [2.75, 3.05) is 0 Å². The molecule has 2 nitrogen and oxygen atoms in total. The van der Waals surface area contributed by atoms with E-state index >= 15 is 0 Å². The molecule has 1 saturated carbocycles. The molecule has 0 unspecified atom stereocenters. The third-order valence-electron chi connectivity index (χ3n) is 2.80. The van der Waals surface area contributed by atoms with Crippen LogP contribution in [0.3, 0.4) is 0 Å². The number of hydrogen-bond acceptors (Lipinski definition) is 2. The topological polar surface area (TPSA) is 24.1 Å². The van der Waals surface area contributed by atoms with Gasteiger partial charge in [0.2, 0.25) is 0 Å². The molecule has 0 aliphatic heterocycles. The molecule has 0 spiro atoms. The van der Waals surface area contributed by atoms with Crippen LogP contribution in [-0.4, -0.2) is 6.04 Å². The summed E-state index contributed by atoms with van der Waals surface area (Å²) in [5, 5.41) is 0. The van der Waals surface area contributed by atoms with Crippen LogP contribution >= 0.6 is 0 Å². The zero-order chi connectivity index (χ0) is 9.64. The zero-order valence-electron chi connectivity index (χ0n) is 8.50. The minimum atomic E-state index is 0.693. The van der Waals surface area contributed by atoms with Gasteiger partial charge in [0.15, 0.2) is 0 Å². The van der Waals surface area contributed by atoms with Crippen molar-refractivity contribution in [3.63, 3.8) is 0 Å². The first-order valence-electron chi connectivity index (χ1n) is 5.47. The van der Waals surface area contributed by atoms with Gasteiger partial charge in [0.05, 0.1) is 0 Å². The quantitative estimate of drug-likeness (QED) is 0.711. The van der Waals surface area contributed by atoms with E-state index in [0.29, 0.717) is 6.04 Å². The fourth-order valence-corrected chi connectivity index (χ4v) is 1.96. The lowest BCUT2D eigenvalue weighted by Gasteiger charge is -2.12. The van der Waals surface area contributed by atoms with Gasteiger partial charge in [0, 0.05) is 12.6 Å². The second kappa shape index (κ2) is 5.13. The van der Waals surface area contributed by atoms with E-state index in [1.165, 1.54) is 31.2 Å². The Hall–Kier alpha value is -0.860. The number of hydrogen-bond donors (Lipinski definition) is 2. The molecule has 0 aromatic heterocycles. The number of hydrazine groups is 1. The van der Waals surface area contributed by atoms with Crippen molar-refractivity contribution >= 4 is 0 Å². The van der Waals surface area contributed by atoms with Crippen LogP contribution in [0.4, 0.5) is 0 Å². The molecule has 14 heavy (non-hydrogen) atoms. The van der Waals surface area contributed by atoms with Gasteiger partial charge in [-0.3, -0.25) is 10.9 Å². The summed E-state index contributed by atoms with van der Waals surface area (Å²) >= 11 is 0. The summed E-state index contributed by atoms with van der Waals surface area (Å²) in [5.41, 5.74) is 8.01. The highest BCUT2D eigenvalue weighted by molar-refractivity contribution is 5.13. The van der Waals surface area contributed by atoms with Gasteiger partial charge >= 0.3 is 0 Å². The van der Waals surface area contributed by atoms with Crippen molar-refractivity contribution in [1.29, 1.82) is 0 Å². The average Bonchev–Trinajstić information content (AvgIpc) is 2.72. The van der Waals surface area contributed by atoms with E-state index in [9.17, 15) is 0 Å². The summed E-state index contributed by atoms with van der Waals surface area (Å²) in [5.74, 6) is 0. The first kappa shape index (κ1) is 9.69. The second-order valence-corrected chi connectivity index (χ2v) is 3.96. The van der Waals surface area contributed by atoms with Gasteiger partial charge in [0.25, 0.3) is 0 Å². The molecule has 2 N–H and O–H groups in total. The van der Waals surface area contributed by atoms with Gasteiger partial charge in [-0.2, -0.15) is 0 Å². The van der Waals surface area contributed by atoms with Crippen molar-refractivity contribution in [3.8, 4) is 0 Å². The molecule has 0 saturated heterocycles. The zero-order valence-corrected chi connectivity index (χ0v) is 8.50. The van der Waals surface area contributed by atoms with Crippen molar-refractivity contribution in [2.24, 2.45) is 0 Å². The van der Waals surface area contributed by atoms with Gasteiger partial charge in [-0.1, -0.05) is 43.2 Å². The third kappa shape index (κ3) is 2.82. The normalized spacial score (nSPS) is 17.4. The van der Waals surface area contributed by atoms with Gasteiger partial charge in [-0.15, -0.1) is 0 Å². The molecule has 1 aromatic carbocycles. The average molecular weight is 190 g/mol. The molecule has 0 radical (unpaired) electrons. The summed E-state index contributed by atoms with van der Waals surface area (Å²) in [6, 6.07) is 11.2. The van der Waals surface area contributed by atoms with E-state index in [1.54, 1.807) is 0 Å². The van der Waals surface area contributed by atoms with E-state index in [4.69, 9.17) is 0 Å². The minimum absolute atomic E-state index is 0.693. The predicted octanol–water partition coefficient (Wildman–Crippen LogP) is 2.22. The second-order valence-electron chi connectivity index (χ2n) is 3.96. The van der Waals surface area contributed by atoms with Crippen LogP contribution in [0.2, 0.25) is 0 Å². The maximum Gasteiger partial charge on any atom is 0.0351 e. The Morgan fingerprint density at radius 2 is 1.79 bits per heavy atom. The first-order chi connectivity index (χ1) is 6.95. The Bertz CT molecular complexity index is 252. The summed E-state index contributed by atoms with van der Waals surface area (Å²) < 4.78 is 0. The molecule has 0 atom stereocenters. The monoisotopic (exact) mass is 190 g/mol. The van der Waals surface area contributed by atoms with Crippen molar-refractivity contribution in [3.05, 3.63) is 35.9 Å². The molecule has 0 amide bonds. The Labute approximate surface area is 85.7 Å². The van der Waals surface area contributed by atoms with Crippen LogP contribution in [-0.2, 0) is 6.54 Å². The Morgan fingerprint density at radius 3 is 2.50 bits per heavy atom. The number of rotatable bonds is 4. The molecule has 0 bridgehead atoms. The van der Waals surface area contributed by atoms with Gasteiger partial charge in [-0.05, 0) is 18.4 Å². The highest BCUT2D eigenvalue weighted by Gasteiger charge is 2.13. The maximum atomic E-state index is 3.38. The van der Waals surface area contributed by atoms with Crippen molar-refractivity contribution < 1.29 is 0 Å². The third-order valence-corrected chi connectivity index (χ3v) is 2.80. The Kier molecular flexibility index (Phi) is 3.55. The first-order valence-corrected chi connectivity index (χ1v) is 5.47. The van der Waals surface area contributed by atoms with E-state index in [1.807, 2.05) is 6.07 Å². The summed E-state index contributed by atoms with van der Waals surface area (Å²) in [7, 11) is 0. The van der Waals surface area contributed by atoms with E-state index < -0.39 is 0 Å². The van der Waals surface area contributed by atoms with Crippen molar-refractivity contribution in [2.45, 2.75) is 38.3 Å². The van der Waals surface area contributed by atoms with Gasteiger partial charge < -0.3 is 0 Å². The summed E-state index contributed by atoms with van der Waals surface area (Å²) in [6.07, 6.45) is 5.40. The van der Waals surface area contributed by atoms with Crippen LogP contribution < -0.4 is 10.9 Å². The SMILES string of the molecule is c1ccc(CNNC2CCCC2)cc1. The molecule has 2 heteroatoms. The molecular weight excluding hydrogens is 172 g/mol. The van der Waals surface area contributed by atoms with Crippen LogP contribution in [0.15, 0.2) is 30.3 Å². The minimum Gasteiger partial charge on any atom is -0.254 e. The highest BCUT2D eigenvalue weighted by Crippen LogP contribution is 2.16. The molecule has 1 aliphatic carbocycles. The van der Waals surface area contributed by atoms with Crippen molar-refractivity contribution in [1.82, 2.24) is 10.9 Å². The highest BCUT2D eigenvalue weighted by atomic mass is 15.4. The smallest absolute Gasteiger partial charge is 0.0351 e. The van der Waals surface area contributed by atoms with Crippen LogP contribution in [0.1, 0.15) is 31.2 Å². The molecule has 76 valence electrons. The molecule has 1 aromatic rings. The fraction of sp³-hybridized carbons (Fsp3) is 0.500. The maximum absolute atomic E-state index is 3.38. The molecule has 2 rings (SSSR count). The number of nitrogens with one attached hydrogen (secondary N) is 2. The van der Waals surface area contributed by atoms with Gasteiger partial charge in [-0.25, -0.2) is 0 Å². The largest absolute Gasteiger partial charge is 0.254 e. The lowest BCUT2D eigenvalue weighted by Crippen LogP contribution is -2.38. The summed E-state index contributed by atoms with van der Waals surface area (Å²) in [6.45, 7) is 0.914. The Morgan fingerprint density at radius 1 is 1.07 bits per heavy atom. The molecule has 1 aliphatic rings. The fourth-order valence-electron chi connectivity index (χ4n) is 1.96. The van der Waals surface area contributed by atoms with Crippen LogP contribution in [0.5, 0.6) is 0 Å². The molecular formula is C12H18N2. The molecule has 1 fully saturated rings. The van der Waals surface area contributed by atoms with Crippen LogP contribution in [0, 0.1) is 0 Å². The van der Waals surface area contributed by atoms with E-state index in [2.05, 4.69) is 35.1 Å².